The molecule has 0 aliphatic heterocycles. The molecule has 0 fully saturated rings. The van der Waals surface area contributed by atoms with Crippen LogP contribution in [-0.4, -0.2) is 38.9 Å². The number of carbonyl (C=O) groups excluding carboxylic acids is 1. The van der Waals surface area contributed by atoms with Gasteiger partial charge in [0, 0.05) is 11.1 Å². The van der Waals surface area contributed by atoms with Crippen molar-refractivity contribution in [3.63, 3.8) is 0 Å². The van der Waals surface area contributed by atoms with Crippen LogP contribution in [0.4, 0.5) is 0 Å². The average Bonchev–Trinajstić information content (AvgIpc) is 3.17. The normalized spacial score (nSPS) is 11.3. The maximum atomic E-state index is 11.7. The third kappa shape index (κ3) is 3.41. The Balaban J connectivity index is 1.62. The van der Waals surface area contributed by atoms with Crippen molar-refractivity contribution >= 4 is 23.0 Å². The number of aliphatic hydroxyl groups is 1. The number of fused-ring (bicyclic) bond motifs is 1. The molecule has 3 N–H and O–H groups in total. The fraction of sp³-hybridized carbons (Fsp3) is 0.0455. The summed E-state index contributed by atoms with van der Waals surface area (Å²) in [5, 5.41) is 20.6. The van der Waals surface area contributed by atoms with Crippen molar-refractivity contribution in [2.75, 3.05) is 6.61 Å². The lowest BCUT2D eigenvalue weighted by molar-refractivity contribution is 0.0904. The number of rotatable bonds is 5. The van der Waals surface area contributed by atoms with Gasteiger partial charge in [0.2, 0.25) is 0 Å². The first-order chi connectivity index (χ1) is 13.7. The van der Waals surface area contributed by atoms with Crippen molar-refractivity contribution in [3.8, 4) is 22.5 Å². The fourth-order valence-electron chi connectivity index (χ4n) is 3.06. The fourth-order valence-corrected chi connectivity index (χ4v) is 3.06. The van der Waals surface area contributed by atoms with Gasteiger partial charge in [-0.25, -0.2) is 4.98 Å². The van der Waals surface area contributed by atoms with Gasteiger partial charge in [-0.3, -0.25) is 4.79 Å². The minimum absolute atomic E-state index is 0.321. The molecule has 4 aromatic rings. The minimum atomic E-state index is -0.512. The van der Waals surface area contributed by atoms with E-state index in [0.717, 1.165) is 33.3 Å². The van der Waals surface area contributed by atoms with Crippen molar-refractivity contribution in [3.05, 3.63) is 77.9 Å². The van der Waals surface area contributed by atoms with Gasteiger partial charge in [0.25, 0.3) is 0 Å². The maximum absolute atomic E-state index is 11.7. The molecule has 0 atom stereocenters. The molecule has 1 aromatic heterocycles. The topological polar surface area (TPSA) is 98.6 Å². The molecule has 6 heteroatoms. The largest absolute Gasteiger partial charge is 0.411 e. The monoisotopic (exact) mass is 371 g/mol. The number of hydrogen-bond donors (Lipinski definition) is 3. The second kappa shape index (κ2) is 7.46. The highest BCUT2D eigenvalue weighted by Gasteiger charge is 2.09. The Labute approximate surface area is 160 Å². The van der Waals surface area contributed by atoms with Gasteiger partial charge in [0.05, 0.1) is 17.2 Å². The Morgan fingerprint density at radius 1 is 0.964 bits per heavy atom. The zero-order chi connectivity index (χ0) is 19.5. The molecule has 0 spiro atoms. The lowest BCUT2D eigenvalue weighted by Crippen LogP contribution is -2.03. The second-order valence-electron chi connectivity index (χ2n) is 6.34. The molecule has 28 heavy (non-hydrogen) atoms. The number of Topliss-reactive ketones (excluding diaryl/α,β-unsaturated/α-hetero) is 1. The van der Waals surface area contributed by atoms with Gasteiger partial charge in [-0.15, -0.1) is 0 Å². The van der Waals surface area contributed by atoms with E-state index in [9.17, 15) is 4.79 Å². The molecule has 0 radical (unpaired) electrons. The molecular formula is C22H17N3O3. The summed E-state index contributed by atoms with van der Waals surface area (Å²) in [6, 6.07) is 20.8. The molecule has 6 nitrogen and oxygen atoms in total. The molecule has 0 bridgehead atoms. The van der Waals surface area contributed by atoms with Crippen LogP contribution in [0.5, 0.6) is 0 Å². The number of aromatic nitrogens is 2. The number of ketones is 1. The number of aliphatic hydroxyl groups excluding tert-OH is 1. The SMILES string of the molecule is O=C(CO)c1ccc2nc(-c3ccc(-c4ccc(/C=N/O)cc4)cc3)[nH]c2c1. The summed E-state index contributed by atoms with van der Waals surface area (Å²) in [5.74, 6) is 0.392. The smallest absolute Gasteiger partial charge is 0.188 e. The summed E-state index contributed by atoms with van der Waals surface area (Å²) >= 11 is 0. The molecule has 0 aliphatic carbocycles. The third-order valence-corrected chi connectivity index (χ3v) is 4.56. The van der Waals surface area contributed by atoms with E-state index in [2.05, 4.69) is 15.1 Å². The summed E-state index contributed by atoms with van der Waals surface area (Å²) in [6.07, 6.45) is 1.38. The quantitative estimate of drug-likeness (QED) is 0.215. The number of nitrogens with zero attached hydrogens (tertiary/aromatic N) is 2. The molecule has 0 aliphatic rings. The van der Waals surface area contributed by atoms with Crippen LogP contribution in [0.3, 0.4) is 0 Å². The minimum Gasteiger partial charge on any atom is -0.411 e. The predicted octanol–water partition coefficient (Wildman–Crippen LogP) is 3.88. The molecule has 0 unspecified atom stereocenters. The number of benzene rings is 3. The van der Waals surface area contributed by atoms with Crippen LogP contribution in [-0.2, 0) is 0 Å². The highest BCUT2D eigenvalue weighted by molar-refractivity contribution is 5.99. The van der Waals surface area contributed by atoms with Crippen LogP contribution >= 0.6 is 0 Å². The van der Waals surface area contributed by atoms with E-state index in [1.165, 1.54) is 6.21 Å². The van der Waals surface area contributed by atoms with Crippen LogP contribution in [0.15, 0.2) is 71.9 Å². The first-order valence-corrected chi connectivity index (χ1v) is 8.70. The van der Waals surface area contributed by atoms with Gasteiger partial charge in [0.15, 0.2) is 5.78 Å². The Bertz CT molecular complexity index is 1160. The van der Waals surface area contributed by atoms with E-state index in [1.807, 2.05) is 48.5 Å². The van der Waals surface area contributed by atoms with Crippen LogP contribution in [0.25, 0.3) is 33.5 Å². The number of carbonyl (C=O) groups is 1. The zero-order valence-corrected chi connectivity index (χ0v) is 14.8. The summed E-state index contributed by atoms with van der Waals surface area (Å²) in [4.78, 5) is 19.5. The van der Waals surface area contributed by atoms with Gasteiger partial charge < -0.3 is 15.3 Å². The van der Waals surface area contributed by atoms with E-state index >= 15 is 0 Å². The molecule has 0 saturated carbocycles. The summed E-state index contributed by atoms with van der Waals surface area (Å²) in [7, 11) is 0. The lowest BCUT2D eigenvalue weighted by Gasteiger charge is -2.03. The first kappa shape index (κ1) is 17.6. The Hall–Kier alpha value is -3.77. The van der Waals surface area contributed by atoms with E-state index in [0.29, 0.717) is 11.4 Å². The predicted molar refractivity (Wildman–Crippen MR) is 108 cm³/mol. The van der Waals surface area contributed by atoms with Crippen molar-refractivity contribution < 1.29 is 15.1 Å². The van der Waals surface area contributed by atoms with Crippen LogP contribution in [0.2, 0.25) is 0 Å². The Kier molecular flexibility index (Phi) is 4.70. The van der Waals surface area contributed by atoms with Gasteiger partial charge in [-0.05, 0) is 34.9 Å². The molecule has 1 heterocycles. The van der Waals surface area contributed by atoms with E-state index < -0.39 is 6.61 Å². The highest BCUT2D eigenvalue weighted by atomic mass is 16.4. The number of oxime groups is 1. The number of aromatic amines is 1. The summed E-state index contributed by atoms with van der Waals surface area (Å²) < 4.78 is 0. The van der Waals surface area contributed by atoms with E-state index in [1.54, 1.807) is 18.2 Å². The van der Waals surface area contributed by atoms with Crippen molar-refractivity contribution in [2.24, 2.45) is 5.16 Å². The molecule has 138 valence electrons. The van der Waals surface area contributed by atoms with Crippen molar-refractivity contribution in [2.45, 2.75) is 0 Å². The standard InChI is InChI=1S/C22H17N3O3/c26-13-21(27)18-9-10-19-20(11-18)25-22(24-19)17-7-5-16(6-8-17)15-3-1-14(2-4-15)12-23-28/h1-12,26,28H,13H2,(H,24,25)/b23-12+. The second-order valence-corrected chi connectivity index (χ2v) is 6.34. The molecule has 0 saturated heterocycles. The first-order valence-electron chi connectivity index (χ1n) is 8.70. The maximum Gasteiger partial charge on any atom is 0.188 e. The van der Waals surface area contributed by atoms with Gasteiger partial charge in [-0.1, -0.05) is 53.7 Å². The molecule has 3 aromatic carbocycles. The van der Waals surface area contributed by atoms with E-state index in [-0.39, 0.29) is 5.78 Å². The molecule has 0 amide bonds. The van der Waals surface area contributed by atoms with E-state index in [4.69, 9.17) is 10.3 Å². The highest BCUT2D eigenvalue weighted by Crippen LogP contribution is 2.25. The van der Waals surface area contributed by atoms with Gasteiger partial charge in [-0.2, -0.15) is 0 Å². The molecule has 4 rings (SSSR count). The molecular weight excluding hydrogens is 354 g/mol. The van der Waals surface area contributed by atoms with Crippen LogP contribution < -0.4 is 0 Å². The number of hydrogen-bond acceptors (Lipinski definition) is 5. The third-order valence-electron chi connectivity index (χ3n) is 4.56. The van der Waals surface area contributed by atoms with Crippen molar-refractivity contribution in [1.29, 1.82) is 0 Å². The average molecular weight is 371 g/mol. The number of nitrogens with one attached hydrogen (secondary N) is 1. The summed E-state index contributed by atoms with van der Waals surface area (Å²) in [5.41, 5.74) is 5.83. The zero-order valence-electron chi connectivity index (χ0n) is 14.8. The summed E-state index contributed by atoms with van der Waals surface area (Å²) in [6.45, 7) is -0.512. The van der Waals surface area contributed by atoms with Gasteiger partial charge in [0.1, 0.15) is 12.4 Å². The number of H-pyrrole nitrogens is 1. The van der Waals surface area contributed by atoms with Crippen LogP contribution in [0, 0.1) is 0 Å². The van der Waals surface area contributed by atoms with Crippen LogP contribution in [0.1, 0.15) is 15.9 Å². The van der Waals surface area contributed by atoms with Crippen molar-refractivity contribution in [1.82, 2.24) is 9.97 Å². The Morgan fingerprint density at radius 2 is 1.61 bits per heavy atom. The lowest BCUT2D eigenvalue weighted by atomic mass is 10.0. The number of imidazole rings is 1. The Morgan fingerprint density at radius 3 is 2.25 bits per heavy atom. The van der Waals surface area contributed by atoms with Gasteiger partial charge >= 0.3 is 0 Å².